The maximum atomic E-state index is 13.2. The van der Waals surface area contributed by atoms with E-state index >= 15 is 0 Å². The highest BCUT2D eigenvalue weighted by Crippen LogP contribution is 2.22. The summed E-state index contributed by atoms with van der Waals surface area (Å²) in [7, 11) is 5.87. The fourth-order valence-electron chi connectivity index (χ4n) is 2.49. The van der Waals surface area contributed by atoms with Gasteiger partial charge in [-0.1, -0.05) is 12.1 Å². The molecule has 2 N–H and O–H groups in total. The van der Waals surface area contributed by atoms with Crippen LogP contribution in [0.2, 0.25) is 0 Å². The van der Waals surface area contributed by atoms with Crippen LogP contribution >= 0.6 is 11.3 Å². The second-order valence-corrected chi connectivity index (χ2v) is 7.19. The fourth-order valence-corrected chi connectivity index (χ4v) is 3.41. The van der Waals surface area contributed by atoms with Gasteiger partial charge in [-0.05, 0) is 44.6 Å². The molecule has 142 valence electrons. The Bertz CT molecular complexity index is 691. The van der Waals surface area contributed by atoms with Crippen molar-refractivity contribution >= 4 is 17.3 Å². The van der Waals surface area contributed by atoms with E-state index in [0.29, 0.717) is 18.3 Å². The molecule has 0 aliphatic carbocycles. The van der Waals surface area contributed by atoms with Crippen LogP contribution in [0.15, 0.2) is 46.8 Å². The molecule has 0 saturated heterocycles. The van der Waals surface area contributed by atoms with E-state index in [0.717, 1.165) is 6.54 Å². The van der Waals surface area contributed by atoms with Crippen molar-refractivity contribution in [3.8, 4) is 5.75 Å². The third-order valence-electron chi connectivity index (χ3n) is 3.87. The zero-order valence-corrected chi connectivity index (χ0v) is 16.5. The molecule has 2 rings (SSSR count). The Morgan fingerprint density at radius 3 is 2.62 bits per heavy atom. The minimum absolute atomic E-state index is 0.128. The predicted molar refractivity (Wildman–Crippen MR) is 107 cm³/mol. The van der Waals surface area contributed by atoms with Gasteiger partial charge in [-0.25, -0.2) is 4.39 Å². The van der Waals surface area contributed by atoms with Gasteiger partial charge in [-0.2, -0.15) is 0 Å². The Labute approximate surface area is 158 Å². The van der Waals surface area contributed by atoms with E-state index in [1.54, 1.807) is 30.5 Å². The Kier molecular flexibility index (Phi) is 7.87. The van der Waals surface area contributed by atoms with Crippen molar-refractivity contribution in [1.29, 1.82) is 0 Å². The van der Waals surface area contributed by atoms with Gasteiger partial charge in [0.05, 0.1) is 12.6 Å². The number of benzene rings is 1. The lowest BCUT2D eigenvalue weighted by molar-refractivity contribution is 0.222. The van der Waals surface area contributed by atoms with E-state index < -0.39 is 0 Å². The molecule has 0 aliphatic rings. The highest BCUT2D eigenvalue weighted by molar-refractivity contribution is 7.10. The minimum Gasteiger partial charge on any atom is -0.489 e. The summed E-state index contributed by atoms with van der Waals surface area (Å²) >= 11 is 1.75. The van der Waals surface area contributed by atoms with Gasteiger partial charge in [0.2, 0.25) is 0 Å². The van der Waals surface area contributed by atoms with Crippen molar-refractivity contribution in [3.63, 3.8) is 0 Å². The van der Waals surface area contributed by atoms with Crippen molar-refractivity contribution in [2.24, 2.45) is 4.99 Å². The van der Waals surface area contributed by atoms with Crippen LogP contribution in [0.4, 0.5) is 4.39 Å². The molecule has 0 bridgehead atoms. The van der Waals surface area contributed by atoms with Crippen LogP contribution in [-0.2, 0) is 0 Å². The Balaban J connectivity index is 1.81. The van der Waals surface area contributed by atoms with Gasteiger partial charge in [0.1, 0.15) is 17.7 Å². The summed E-state index contributed by atoms with van der Waals surface area (Å²) < 4.78 is 18.9. The zero-order chi connectivity index (χ0) is 18.9. The molecule has 0 amide bonds. The van der Waals surface area contributed by atoms with Crippen molar-refractivity contribution in [2.45, 2.75) is 19.1 Å². The van der Waals surface area contributed by atoms with Crippen molar-refractivity contribution in [3.05, 3.63) is 52.5 Å². The molecular formula is C19H27FN4OS. The third kappa shape index (κ3) is 6.31. The summed E-state index contributed by atoms with van der Waals surface area (Å²) in [6.45, 7) is 3.23. The number of hydrogen-bond donors (Lipinski definition) is 2. The van der Waals surface area contributed by atoms with Crippen LogP contribution in [0.5, 0.6) is 5.75 Å². The second-order valence-electron chi connectivity index (χ2n) is 6.21. The average molecular weight is 379 g/mol. The third-order valence-corrected chi connectivity index (χ3v) is 4.85. The summed E-state index contributed by atoms with van der Waals surface area (Å²) in [5.41, 5.74) is 0. The molecule has 0 radical (unpaired) electrons. The molecule has 0 saturated carbocycles. The Hall–Kier alpha value is -2.12. The van der Waals surface area contributed by atoms with Gasteiger partial charge in [-0.3, -0.25) is 4.99 Å². The van der Waals surface area contributed by atoms with E-state index in [-0.39, 0.29) is 18.0 Å². The van der Waals surface area contributed by atoms with Gasteiger partial charge in [0, 0.05) is 24.5 Å². The standard InChI is InChI=1S/C19H27FN4OS/c1-14(25-16-8-5-7-15(20)11-16)12-22-19(21-2)23-13-17(24(3)4)18-9-6-10-26-18/h5-11,14,17H,12-13H2,1-4H3,(H2,21,22,23). The van der Waals surface area contributed by atoms with Gasteiger partial charge < -0.3 is 20.3 Å². The number of halogens is 1. The van der Waals surface area contributed by atoms with Gasteiger partial charge in [-0.15, -0.1) is 11.3 Å². The second kappa shape index (κ2) is 10.1. The molecule has 1 aromatic carbocycles. The van der Waals surface area contributed by atoms with Crippen LogP contribution in [0.3, 0.4) is 0 Å². The molecule has 1 heterocycles. The number of likely N-dealkylation sites (N-methyl/N-ethyl adjacent to an activating group) is 1. The van der Waals surface area contributed by atoms with Crippen LogP contribution in [0.25, 0.3) is 0 Å². The lowest BCUT2D eigenvalue weighted by Gasteiger charge is -2.25. The highest BCUT2D eigenvalue weighted by Gasteiger charge is 2.15. The maximum Gasteiger partial charge on any atom is 0.191 e. The molecule has 0 spiro atoms. The van der Waals surface area contributed by atoms with Crippen molar-refractivity contribution in [2.75, 3.05) is 34.2 Å². The summed E-state index contributed by atoms with van der Waals surface area (Å²) in [5, 5.41) is 8.69. The Morgan fingerprint density at radius 1 is 1.23 bits per heavy atom. The number of guanidine groups is 1. The number of aliphatic imine (C=N–C) groups is 1. The van der Waals surface area contributed by atoms with Gasteiger partial charge in [0.25, 0.3) is 0 Å². The molecule has 0 fully saturated rings. The lowest BCUT2D eigenvalue weighted by atomic mass is 10.2. The SMILES string of the molecule is CN=C(NCC(C)Oc1cccc(F)c1)NCC(c1cccs1)N(C)C. The van der Waals surface area contributed by atoms with Crippen molar-refractivity contribution < 1.29 is 9.13 Å². The topological polar surface area (TPSA) is 48.9 Å². The first kappa shape index (κ1) is 20.2. The molecule has 26 heavy (non-hydrogen) atoms. The zero-order valence-electron chi connectivity index (χ0n) is 15.7. The number of thiophene rings is 1. The van der Waals surface area contributed by atoms with Crippen molar-refractivity contribution in [1.82, 2.24) is 15.5 Å². The number of nitrogens with one attached hydrogen (secondary N) is 2. The maximum absolute atomic E-state index is 13.2. The number of nitrogens with zero attached hydrogens (tertiary/aromatic N) is 2. The summed E-state index contributed by atoms with van der Waals surface area (Å²) in [5.74, 6) is 0.930. The lowest BCUT2D eigenvalue weighted by Crippen LogP contribution is -2.44. The molecule has 5 nitrogen and oxygen atoms in total. The average Bonchev–Trinajstić information content (AvgIpc) is 3.11. The quantitative estimate of drug-likeness (QED) is 0.547. The predicted octanol–water partition coefficient (Wildman–Crippen LogP) is 3.12. The van der Waals surface area contributed by atoms with Crippen LogP contribution in [0, 0.1) is 5.82 Å². The molecule has 2 atom stereocenters. The molecule has 7 heteroatoms. The summed E-state index contributed by atoms with van der Waals surface area (Å²) in [6.07, 6.45) is -0.128. The fraction of sp³-hybridized carbons (Fsp3) is 0.421. The van der Waals surface area contributed by atoms with Crippen LogP contribution in [0.1, 0.15) is 17.8 Å². The first-order chi connectivity index (χ1) is 12.5. The molecular weight excluding hydrogens is 351 g/mol. The van der Waals surface area contributed by atoms with E-state index in [2.05, 4.69) is 52.1 Å². The minimum atomic E-state index is -0.302. The van der Waals surface area contributed by atoms with Crippen LogP contribution < -0.4 is 15.4 Å². The van der Waals surface area contributed by atoms with E-state index in [1.165, 1.54) is 17.0 Å². The largest absolute Gasteiger partial charge is 0.489 e. The molecule has 2 unspecified atom stereocenters. The summed E-state index contributed by atoms with van der Waals surface area (Å²) in [6, 6.07) is 10.6. The number of hydrogen-bond acceptors (Lipinski definition) is 4. The number of ether oxygens (including phenoxy) is 1. The van der Waals surface area contributed by atoms with Crippen LogP contribution in [-0.4, -0.2) is 51.2 Å². The van der Waals surface area contributed by atoms with Gasteiger partial charge >= 0.3 is 0 Å². The smallest absolute Gasteiger partial charge is 0.191 e. The normalized spacial score (nSPS) is 14.2. The molecule has 2 aromatic rings. The Morgan fingerprint density at radius 2 is 2.00 bits per heavy atom. The summed E-state index contributed by atoms with van der Waals surface area (Å²) in [4.78, 5) is 7.75. The molecule has 1 aromatic heterocycles. The first-order valence-corrected chi connectivity index (χ1v) is 9.44. The van der Waals surface area contributed by atoms with E-state index in [1.807, 2.05) is 6.92 Å². The molecule has 0 aliphatic heterocycles. The van der Waals surface area contributed by atoms with E-state index in [9.17, 15) is 4.39 Å². The highest BCUT2D eigenvalue weighted by atomic mass is 32.1. The monoisotopic (exact) mass is 378 g/mol. The first-order valence-electron chi connectivity index (χ1n) is 8.56. The van der Waals surface area contributed by atoms with Gasteiger partial charge in [0.15, 0.2) is 5.96 Å². The number of rotatable bonds is 8. The van der Waals surface area contributed by atoms with E-state index in [4.69, 9.17) is 4.74 Å².